The molecule has 0 spiro atoms. The zero-order chi connectivity index (χ0) is 18.5. The number of hydrogen-bond donors (Lipinski definition) is 3. The first-order valence-corrected chi connectivity index (χ1v) is 8.02. The smallest absolute Gasteiger partial charge is 0.414 e. The SMILES string of the molecule is CCN(CC)CCCNCc1ccc(F)cc1Cl.O=C(O)C(=O)O. The monoisotopic (exact) mass is 362 g/mol. The van der Waals surface area contributed by atoms with E-state index in [1.165, 1.54) is 12.1 Å². The van der Waals surface area contributed by atoms with Crippen LogP contribution in [0.4, 0.5) is 4.39 Å². The fourth-order valence-corrected chi connectivity index (χ4v) is 2.09. The van der Waals surface area contributed by atoms with Crippen molar-refractivity contribution < 1.29 is 24.2 Å². The second-order valence-corrected chi connectivity index (χ2v) is 5.31. The molecule has 0 aliphatic rings. The fourth-order valence-electron chi connectivity index (χ4n) is 1.86. The Kier molecular flexibility index (Phi) is 11.8. The Hall–Kier alpha value is -1.70. The van der Waals surface area contributed by atoms with Crippen molar-refractivity contribution in [2.45, 2.75) is 26.8 Å². The third-order valence-corrected chi connectivity index (χ3v) is 3.59. The van der Waals surface area contributed by atoms with E-state index in [1.807, 2.05) is 0 Å². The van der Waals surface area contributed by atoms with Crippen LogP contribution in [0.25, 0.3) is 0 Å². The van der Waals surface area contributed by atoms with E-state index in [4.69, 9.17) is 31.4 Å². The van der Waals surface area contributed by atoms with Crippen molar-refractivity contribution in [2.75, 3.05) is 26.2 Å². The van der Waals surface area contributed by atoms with Crippen LogP contribution in [-0.2, 0) is 16.1 Å². The zero-order valence-corrected chi connectivity index (χ0v) is 14.6. The molecule has 0 heterocycles. The van der Waals surface area contributed by atoms with Gasteiger partial charge in [-0.2, -0.15) is 0 Å². The van der Waals surface area contributed by atoms with Crippen LogP contribution in [0, 0.1) is 5.82 Å². The van der Waals surface area contributed by atoms with E-state index >= 15 is 0 Å². The number of benzene rings is 1. The summed E-state index contributed by atoms with van der Waals surface area (Å²) in [6.45, 7) is 9.30. The average Bonchev–Trinajstić information content (AvgIpc) is 2.53. The lowest BCUT2D eigenvalue weighted by Gasteiger charge is -2.17. The molecule has 0 amide bonds. The molecule has 6 nitrogen and oxygen atoms in total. The van der Waals surface area contributed by atoms with E-state index in [2.05, 4.69) is 24.1 Å². The molecule has 1 rings (SSSR count). The largest absolute Gasteiger partial charge is 0.473 e. The summed E-state index contributed by atoms with van der Waals surface area (Å²) in [7, 11) is 0. The summed E-state index contributed by atoms with van der Waals surface area (Å²) < 4.78 is 12.8. The highest BCUT2D eigenvalue weighted by molar-refractivity contribution is 6.31. The van der Waals surface area contributed by atoms with Gasteiger partial charge in [0.05, 0.1) is 0 Å². The number of carboxylic acids is 2. The van der Waals surface area contributed by atoms with Crippen LogP contribution in [0.2, 0.25) is 5.02 Å². The fraction of sp³-hybridized carbons (Fsp3) is 0.500. The van der Waals surface area contributed by atoms with Crippen LogP contribution in [-0.4, -0.2) is 53.2 Å². The van der Waals surface area contributed by atoms with Gasteiger partial charge in [-0.3, -0.25) is 0 Å². The first-order valence-electron chi connectivity index (χ1n) is 7.65. The highest BCUT2D eigenvalue weighted by atomic mass is 35.5. The molecule has 8 heteroatoms. The van der Waals surface area contributed by atoms with Gasteiger partial charge in [0.15, 0.2) is 0 Å². The molecule has 0 aliphatic heterocycles. The number of halogens is 2. The molecule has 0 saturated heterocycles. The molecule has 0 bridgehead atoms. The van der Waals surface area contributed by atoms with Crippen molar-refractivity contribution >= 4 is 23.5 Å². The minimum Gasteiger partial charge on any atom is -0.473 e. The van der Waals surface area contributed by atoms with E-state index in [-0.39, 0.29) is 5.82 Å². The highest BCUT2D eigenvalue weighted by Gasteiger charge is 2.04. The number of aliphatic carboxylic acids is 2. The number of rotatable bonds is 8. The predicted molar refractivity (Wildman–Crippen MR) is 90.8 cm³/mol. The van der Waals surface area contributed by atoms with Gasteiger partial charge < -0.3 is 20.4 Å². The zero-order valence-electron chi connectivity index (χ0n) is 13.9. The van der Waals surface area contributed by atoms with E-state index in [9.17, 15) is 4.39 Å². The number of carbonyl (C=O) groups is 2. The quantitative estimate of drug-likeness (QED) is 0.486. The minimum atomic E-state index is -1.82. The van der Waals surface area contributed by atoms with Crippen LogP contribution < -0.4 is 5.32 Å². The van der Waals surface area contributed by atoms with Crippen LogP contribution in [0.15, 0.2) is 18.2 Å². The molecule has 1 aromatic rings. The summed E-state index contributed by atoms with van der Waals surface area (Å²) in [6.07, 6.45) is 1.11. The molecule has 0 fully saturated rings. The van der Waals surface area contributed by atoms with E-state index in [0.29, 0.717) is 11.6 Å². The first kappa shape index (κ1) is 22.3. The normalized spacial score (nSPS) is 10.2. The lowest BCUT2D eigenvalue weighted by atomic mass is 10.2. The molecule has 0 atom stereocenters. The van der Waals surface area contributed by atoms with Crippen molar-refractivity contribution in [3.05, 3.63) is 34.6 Å². The number of nitrogens with zero attached hydrogens (tertiary/aromatic N) is 1. The van der Waals surface area contributed by atoms with E-state index < -0.39 is 11.9 Å². The Morgan fingerprint density at radius 2 is 1.79 bits per heavy atom. The van der Waals surface area contributed by atoms with Crippen molar-refractivity contribution in [1.29, 1.82) is 0 Å². The summed E-state index contributed by atoms with van der Waals surface area (Å²) in [5.41, 5.74) is 0.945. The van der Waals surface area contributed by atoms with Crippen molar-refractivity contribution in [2.24, 2.45) is 0 Å². The third kappa shape index (κ3) is 10.1. The summed E-state index contributed by atoms with van der Waals surface area (Å²) in [5.74, 6) is -3.93. The number of hydrogen-bond acceptors (Lipinski definition) is 4. The van der Waals surface area contributed by atoms with Gasteiger partial charge in [0.1, 0.15) is 5.82 Å². The van der Waals surface area contributed by atoms with Gasteiger partial charge in [0.2, 0.25) is 0 Å². The van der Waals surface area contributed by atoms with Gasteiger partial charge in [-0.25, -0.2) is 14.0 Å². The van der Waals surface area contributed by atoms with E-state index in [1.54, 1.807) is 6.07 Å². The maximum atomic E-state index is 12.8. The Balaban J connectivity index is 0.000000754. The van der Waals surface area contributed by atoms with Crippen LogP contribution >= 0.6 is 11.6 Å². The maximum Gasteiger partial charge on any atom is 0.414 e. The van der Waals surface area contributed by atoms with Crippen LogP contribution in [0.3, 0.4) is 0 Å². The molecule has 136 valence electrons. The summed E-state index contributed by atoms with van der Waals surface area (Å²) in [5, 5.41) is 18.6. The van der Waals surface area contributed by atoms with Crippen molar-refractivity contribution in [3.8, 4) is 0 Å². The van der Waals surface area contributed by atoms with Gasteiger partial charge in [-0.15, -0.1) is 0 Å². The van der Waals surface area contributed by atoms with Crippen LogP contribution in [0.5, 0.6) is 0 Å². The Morgan fingerprint density at radius 3 is 2.25 bits per heavy atom. The summed E-state index contributed by atoms with van der Waals surface area (Å²) >= 11 is 5.95. The molecular weight excluding hydrogens is 339 g/mol. The van der Waals surface area contributed by atoms with Gasteiger partial charge in [0.25, 0.3) is 0 Å². The summed E-state index contributed by atoms with van der Waals surface area (Å²) in [4.78, 5) is 20.6. The Morgan fingerprint density at radius 1 is 1.21 bits per heavy atom. The van der Waals surface area contributed by atoms with Gasteiger partial charge >= 0.3 is 11.9 Å². The van der Waals surface area contributed by atoms with Crippen molar-refractivity contribution in [1.82, 2.24) is 10.2 Å². The highest BCUT2D eigenvalue weighted by Crippen LogP contribution is 2.16. The summed E-state index contributed by atoms with van der Waals surface area (Å²) in [6, 6.07) is 4.53. The Labute approximate surface area is 146 Å². The molecule has 3 N–H and O–H groups in total. The standard InChI is InChI=1S/C14H22ClFN2.C2H2O4/c1-3-18(4-2)9-5-8-17-11-12-6-7-13(16)10-14(12)15;3-1(4)2(5)6/h6-7,10,17H,3-5,8-9,11H2,1-2H3;(H,3,4)(H,5,6). The molecule has 24 heavy (non-hydrogen) atoms. The second kappa shape index (κ2) is 12.7. The predicted octanol–water partition coefficient (Wildman–Crippen LogP) is 2.46. The number of carboxylic acid groups (broad SMARTS) is 2. The molecule has 0 aromatic heterocycles. The van der Waals surface area contributed by atoms with Crippen molar-refractivity contribution in [3.63, 3.8) is 0 Å². The molecule has 0 aliphatic carbocycles. The second-order valence-electron chi connectivity index (χ2n) is 4.90. The molecular formula is C16H24ClFN2O4. The molecule has 1 aromatic carbocycles. The first-order chi connectivity index (χ1) is 11.3. The Bertz CT molecular complexity index is 513. The van der Waals surface area contributed by atoms with Gasteiger partial charge in [-0.1, -0.05) is 31.5 Å². The van der Waals surface area contributed by atoms with E-state index in [0.717, 1.165) is 38.2 Å². The van der Waals surface area contributed by atoms with Gasteiger partial charge in [0, 0.05) is 11.6 Å². The molecule has 0 radical (unpaired) electrons. The molecule has 0 unspecified atom stereocenters. The van der Waals surface area contributed by atoms with Crippen LogP contribution in [0.1, 0.15) is 25.8 Å². The van der Waals surface area contributed by atoms with Gasteiger partial charge in [-0.05, 0) is 50.3 Å². The molecule has 0 saturated carbocycles. The number of nitrogens with one attached hydrogen (secondary N) is 1. The lowest BCUT2D eigenvalue weighted by molar-refractivity contribution is -0.159. The minimum absolute atomic E-state index is 0.287. The lowest BCUT2D eigenvalue weighted by Crippen LogP contribution is -2.27. The average molecular weight is 363 g/mol. The third-order valence-electron chi connectivity index (χ3n) is 3.24. The topological polar surface area (TPSA) is 89.9 Å². The maximum absolute atomic E-state index is 12.8.